The number of ether oxygens (including phenoxy) is 1. The first-order chi connectivity index (χ1) is 8.13. The Morgan fingerprint density at radius 2 is 2.12 bits per heavy atom. The lowest BCUT2D eigenvalue weighted by atomic mass is 10.5. The Labute approximate surface area is 103 Å². The van der Waals surface area contributed by atoms with Crippen molar-refractivity contribution in [2.24, 2.45) is 0 Å². The zero-order valence-electron chi connectivity index (χ0n) is 9.44. The number of rotatable bonds is 4. The van der Waals surface area contributed by atoms with E-state index < -0.39 is 0 Å². The second-order valence-corrected chi connectivity index (χ2v) is 4.02. The van der Waals surface area contributed by atoms with E-state index in [1.807, 2.05) is 13.8 Å². The van der Waals surface area contributed by atoms with Crippen molar-refractivity contribution in [2.45, 2.75) is 20.0 Å². The minimum absolute atomic E-state index is 0.0943. The van der Waals surface area contributed by atoms with Crippen LogP contribution in [0.2, 0.25) is 5.15 Å². The van der Waals surface area contributed by atoms with Crippen molar-refractivity contribution < 1.29 is 4.74 Å². The van der Waals surface area contributed by atoms with Crippen molar-refractivity contribution >= 4 is 23.2 Å². The van der Waals surface area contributed by atoms with Crippen molar-refractivity contribution in [1.29, 1.82) is 0 Å². The summed E-state index contributed by atoms with van der Waals surface area (Å²) in [5.74, 6) is 1.78. The molecule has 90 valence electrons. The molecule has 2 heterocycles. The molecule has 0 aliphatic heterocycles. The summed E-state index contributed by atoms with van der Waals surface area (Å²) < 4.78 is 5.44. The number of nitrogens with zero attached hydrogens (tertiary/aromatic N) is 3. The van der Waals surface area contributed by atoms with Crippen LogP contribution in [-0.2, 0) is 0 Å². The summed E-state index contributed by atoms with van der Waals surface area (Å²) in [5.41, 5.74) is 0. The van der Waals surface area contributed by atoms with Gasteiger partial charge in [-0.15, -0.1) is 0 Å². The van der Waals surface area contributed by atoms with E-state index in [2.05, 4.69) is 25.5 Å². The Hall–Kier alpha value is -1.82. The van der Waals surface area contributed by atoms with Crippen molar-refractivity contribution in [3.05, 3.63) is 23.6 Å². The lowest BCUT2D eigenvalue weighted by Crippen LogP contribution is -2.05. The van der Waals surface area contributed by atoms with E-state index in [4.69, 9.17) is 16.3 Å². The number of halogens is 1. The quantitative estimate of drug-likeness (QED) is 0.819. The normalized spacial score (nSPS) is 10.6. The molecule has 0 spiro atoms. The summed E-state index contributed by atoms with van der Waals surface area (Å²) in [6, 6.07) is 3.36. The fourth-order valence-electron chi connectivity index (χ4n) is 1.22. The van der Waals surface area contributed by atoms with Gasteiger partial charge in [-0.05, 0) is 13.8 Å². The Morgan fingerprint density at radius 3 is 2.82 bits per heavy atom. The Morgan fingerprint density at radius 1 is 1.29 bits per heavy atom. The van der Waals surface area contributed by atoms with Gasteiger partial charge in [0.25, 0.3) is 0 Å². The van der Waals surface area contributed by atoms with E-state index in [0.717, 1.165) is 0 Å². The summed E-state index contributed by atoms with van der Waals surface area (Å²) >= 11 is 5.74. The van der Waals surface area contributed by atoms with E-state index in [1.165, 1.54) is 6.33 Å². The third-order valence-electron chi connectivity index (χ3n) is 1.81. The van der Waals surface area contributed by atoms with Crippen LogP contribution in [0, 0.1) is 0 Å². The predicted molar refractivity (Wildman–Crippen MR) is 64.7 cm³/mol. The number of aromatic amines is 1. The highest BCUT2D eigenvalue weighted by atomic mass is 35.5. The molecule has 7 heteroatoms. The molecule has 2 rings (SSSR count). The minimum atomic E-state index is 0.0943. The molecule has 0 saturated carbocycles. The molecule has 0 aliphatic carbocycles. The molecule has 2 aromatic rings. The van der Waals surface area contributed by atoms with Gasteiger partial charge in [0.05, 0.1) is 6.10 Å². The molecular formula is C10H12ClN5O. The van der Waals surface area contributed by atoms with Gasteiger partial charge >= 0.3 is 0 Å². The molecule has 0 atom stereocenters. The average molecular weight is 254 g/mol. The van der Waals surface area contributed by atoms with E-state index in [1.54, 1.807) is 12.1 Å². The molecule has 0 aliphatic rings. The maximum Gasteiger partial charge on any atom is 0.211 e. The molecule has 2 N–H and O–H groups in total. The lowest BCUT2D eigenvalue weighted by molar-refractivity contribution is 0.232. The third-order valence-corrected chi connectivity index (χ3v) is 2.01. The van der Waals surface area contributed by atoms with Gasteiger partial charge in [0.2, 0.25) is 5.88 Å². The van der Waals surface area contributed by atoms with Crippen molar-refractivity contribution in [2.75, 3.05) is 5.32 Å². The first-order valence-electron chi connectivity index (χ1n) is 5.10. The number of nitrogens with one attached hydrogen (secondary N) is 2. The second kappa shape index (κ2) is 5.01. The van der Waals surface area contributed by atoms with Crippen molar-refractivity contribution in [1.82, 2.24) is 20.2 Å². The molecule has 0 aromatic carbocycles. The molecule has 0 radical (unpaired) electrons. The fourth-order valence-corrected chi connectivity index (χ4v) is 1.36. The predicted octanol–water partition coefficient (Wildman–Crippen LogP) is 2.38. The Kier molecular flexibility index (Phi) is 3.43. The fraction of sp³-hybridized carbons (Fsp3) is 0.300. The molecule has 0 bridgehead atoms. The van der Waals surface area contributed by atoms with Crippen molar-refractivity contribution in [3.63, 3.8) is 0 Å². The van der Waals surface area contributed by atoms with E-state index in [9.17, 15) is 0 Å². The van der Waals surface area contributed by atoms with Gasteiger partial charge in [-0.2, -0.15) is 5.10 Å². The first-order valence-corrected chi connectivity index (χ1v) is 5.48. The summed E-state index contributed by atoms with van der Waals surface area (Å²) in [4.78, 5) is 7.79. The molecule has 0 unspecified atom stereocenters. The number of hydrogen-bond acceptors (Lipinski definition) is 5. The monoisotopic (exact) mass is 253 g/mol. The second-order valence-electron chi connectivity index (χ2n) is 3.64. The van der Waals surface area contributed by atoms with Gasteiger partial charge < -0.3 is 10.1 Å². The van der Waals surface area contributed by atoms with Gasteiger partial charge in [0.1, 0.15) is 17.3 Å². The maximum atomic E-state index is 5.74. The van der Waals surface area contributed by atoms with E-state index in [0.29, 0.717) is 22.7 Å². The van der Waals surface area contributed by atoms with E-state index in [-0.39, 0.29) is 6.10 Å². The van der Waals surface area contributed by atoms with Crippen LogP contribution < -0.4 is 10.1 Å². The molecule has 0 saturated heterocycles. The number of aromatic nitrogens is 4. The maximum absolute atomic E-state index is 5.74. The van der Waals surface area contributed by atoms with Gasteiger partial charge in [-0.1, -0.05) is 11.6 Å². The summed E-state index contributed by atoms with van der Waals surface area (Å²) in [5, 5.41) is 10.1. The van der Waals surface area contributed by atoms with Crippen molar-refractivity contribution in [3.8, 4) is 5.88 Å². The first kappa shape index (κ1) is 11.7. The van der Waals surface area contributed by atoms with Gasteiger partial charge in [0, 0.05) is 12.1 Å². The van der Waals surface area contributed by atoms with Gasteiger partial charge in [0.15, 0.2) is 5.82 Å². The largest absolute Gasteiger partial charge is 0.475 e. The summed E-state index contributed by atoms with van der Waals surface area (Å²) in [6.45, 7) is 3.89. The summed E-state index contributed by atoms with van der Waals surface area (Å²) in [7, 11) is 0. The smallest absolute Gasteiger partial charge is 0.211 e. The zero-order valence-corrected chi connectivity index (χ0v) is 10.2. The Bertz CT molecular complexity index is 499. The summed E-state index contributed by atoms with van der Waals surface area (Å²) in [6.07, 6.45) is 1.47. The molecule has 2 aromatic heterocycles. The molecule has 0 amide bonds. The van der Waals surface area contributed by atoms with Crippen LogP contribution in [0.25, 0.3) is 0 Å². The van der Waals surface area contributed by atoms with Crippen LogP contribution in [-0.4, -0.2) is 26.3 Å². The number of H-pyrrole nitrogens is 1. The van der Waals surface area contributed by atoms with Crippen LogP contribution in [0.5, 0.6) is 5.88 Å². The molecule has 17 heavy (non-hydrogen) atoms. The van der Waals surface area contributed by atoms with Crippen LogP contribution in [0.4, 0.5) is 11.6 Å². The van der Waals surface area contributed by atoms with E-state index >= 15 is 0 Å². The minimum Gasteiger partial charge on any atom is -0.475 e. The Balaban J connectivity index is 2.06. The third kappa shape index (κ3) is 3.32. The van der Waals surface area contributed by atoms with Crippen LogP contribution in [0.1, 0.15) is 13.8 Å². The average Bonchev–Trinajstić information content (AvgIpc) is 2.64. The number of hydrogen-bond donors (Lipinski definition) is 2. The highest BCUT2D eigenvalue weighted by Gasteiger charge is 2.05. The van der Waals surface area contributed by atoms with Crippen LogP contribution >= 0.6 is 11.6 Å². The zero-order chi connectivity index (χ0) is 12.3. The van der Waals surface area contributed by atoms with Crippen LogP contribution in [0.3, 0.4) is 0 Å². The topological polar surface area (TPSA) is 75.7 Å². The molecule has 0 fully saturated rings. The van der Waals surface area contributed by atoms with Gasteiger partial charge in [-0.3, -0.25) is 0 Å². The highest BCUT2D eigenvalue weighted by Crippen LogP contribution is 2.18. The molecular weight excluding hydrogens is 242 g/mol. The lowest BCUT2D eigenvalue weighted by Gasteiger charge is -2.04. The SMILES string of the molecule is CC(C)Oc1cc(Nc2cc(Cl)ncn2)n[nH]1. The highest BCUT2D eigenvalue weighted by molar-refractivity contribution is 6.29. The standard InChI is InChI=1S/C10H12ClN5O/c1-6(2)17-10-4-9(15-16-10)14-8-3-7(11)12-5-13-8/h3-6H,1-2H3,(H2,12,13,14,15,16). The number of anilines is 2. The van der Waals surface area contributed by atoms with Gasteiger partial charge in [-0.25, -0.2) is 15.1 Å². The molecule has 6 nitrogen and oxygen atoms in total. The van der Waals surface area contributed by atoms with Crippen LogP contribution in [0.15, 0.2) is 18.5 Å².